The number of nitrogens with one attached hydrogen (secondary N) is 1. The summed E-state index contributed by atoms with van der Waals surface area (Å²) in [5.41, 5.74) is 2.37. The van der Waals surface area contributed by atoms with E-state index in [9.17, 15) is 0 Å². The molecule has 0 radical (unpaired) electrons. The monoisotopic (exact) mass is 321 g/mol. The lowest BCUT2D eigenvalue weighted by Crippen LogP contribution is -2.10. The summed E-state index contributed by atoms with van der Waals surface area (Å²) >= 11 is 3.53. The summed E-state index contributed by atoms with van der Waals surface area (Å²) < 4.78 is 8.38. The lowest BCUT2D eigenvalue weighted by molar-refractivity contribution is 0.412. The molecule has 0 spiro atoms. The molecular weight excluding hydrogens is 306 g/mol. The second kappa shape index (κ2) is 5.35. The van der Waals surface area contributed by atoms with Crippen molar-refractivity contribution in [1.29, 1.82) is 0 Å². The predicted octanol–water partition coefficient (Wildman–Crippen LogP) is 2.72. The molecule has 1 atom stereocenters. The molecule has 1 unspecified atom stereocenters. The van der Waals surface area contributed by atoms with Gasteiger partial charge in [0.25, 0.3) is 0 Å². The highest BCUT2D eigenvalue weighted by molar-refractivity contribution is 9.10. The minimum atomic E-state index is 0.545. The standard InChI is InChI=1S/C14H16BrN3O/c1-19-14-3-2-11(6-12(14)15)18-9-17-8-13(18)10-4-5-16-7-10/h2-3,6,8-10,16H,4-5,7H2,1H3. The molecule has 3 rings (SSSR count). The van der Waals surface area contributed by atoms with Crippen LogP contribution in [0.4, 0.5) is 0 Å². The Kier molecular flexibility index (Phi) is 3.57. The Morgan fingerprint density at radius 2 is 2.37 bits per heavy atom. The van der Waals surface area contributed by atoms with Gasteiger partial charge >= 0.3 is 0 Å². The van der Waals surface area contributed by atoms with Gasteiger partial charge in [-0.3, -0.25) is 0 Å². The van der Waals surface area contributed by atoms with Crippen molar-refractivity contribution in [2.45, 2.75) is 12.3 Å². The number of hydrogen-bond donors (Lipinski definition) is 1. The first-order chi connectivity index (χ1) is 9.29. The molecule has 2 heterocycles. The molecule has 0 amide bonds. The normalized spacial score (nSPS) is 18.7. The Bertz CT molecular complexity index is 576. The quantitative estimate of drug-likeness (QED) is 0.944. The fourth-order valence-corrected chi connectivity index (χ4v) is 3.06. The third-order valence-corrected chi connectivity index (χ3v) is 4.18. The third-order valence-electron chi connectivity index (χ3n) is 3.56. The third kappa shape index (κ3) is 2.40. The second-order valence-electron chi connectivity index (χ2n) is 4.70. The Hall–Kier alpha value is -1.33. The lowest BCUT2D eigenvalue weighted by atomic mass is 10.1. The Labute approximate surface area is 120 Å². The topological polar surface area (TPSA) is 39.1 Å². The first kappa shape index (κ1) is 12.7. The van der Waals surface area contributed by atoms with Crippen LogP contribution in [0.3, 0.4) is 0 Å². The van der Waals surface area contributed by atoms with Crippen molar-refractivity contribution < 1.29 is 4.74 Å². The molecule has 0 aliphatic carbocycles. The number of ether oxygens (including phenoxy) is 1. The smallest absolute Gasteiger partial charge is 0.133 e. The molecule has 1 saturated heterocycles. The number of rotatable bonds is 3. The summed E-state index contributed by atoms with van der Waals surface area (Å²) in [5.74, 6) is 1.39. The van der Waals surface area contributed by atoms with E-state index in [0.717, 1.165) is 29.0 Å². The SMILES string of the molecule is COc1ccc(-n2cncc2C2CCNC2)cc1Br. The maximum absolute atomic E-state index is 5.27. The van der Waals surface area contributed by atoms with Gasteiger partial charge in [-0.1, -0.05) is 0 Å². The molecule has 1 aliphatic heterocycles. The lowest BCUT2D eigenvalue weighted by Gasteiger charge is -2.14. The minimum absolute atomic E-state index is 0.545. The van der Waals surface area contributed by atoms with Gasteiger partial charge in [-0.15, -0.1) is 0 Å². The van der Waals surface area contributed by atoms with Crippen molar-refractivity contribution in [3.8, 4) is 11.4 Å². The van der Waals surface area contributed by atoms with E-state index in [4.69, 9.17) is 4.74 Å². The Morgan fingerprint density at radius 3 is 3.05 bits per heavy atom. The largest absolute Gasteiger partial charge is 0.496 e. The second-order valence-corrected chi connectivity index (χ2v) is 5.55. The molecule has 0 bridgehead atoms. The molecule has 0 saturated carbocycles. The maximum atomic E-state index is 5.27. The zero-order chi connectivity index (χ0) is 13.2. The van der Waals surface area contributed by atoms with E-state index >= 15 is 0 Å². The van der Waals surface area contributed by atoms with Gasteiger partial charge in [0.05, 0.1) is 17.9 Å². The molecule has 1 aliphatic rings. The van der Waals surface area contributed by atoms with E-state index in [1.807, 2.05) is 18.6 Å². The number of nitrogens with zero attached hydrogens (tertiary/aromatic N) is 2. The Balaban J connectivity index is 1.98. The summed E-state index contributed by atoms with van der Waals surface area (Å²) in [6, 6.07) is 6.08. The number of benzene rings is 1. The highest BCUT2D eigenvalue weighted by atomic mass is 79.9. The van der Waals surface area contributed by atoms with E-state index in [1.165, 1.54) is 12.1 Å². The van der Waals surface area contributed by atoms with Crippen LogP contribution < -0.4 is 10.1 Å². The molecule has 2 aromatic rings. The van der Waals surface area contributed by atoms with Crippen LogP contribution in [0.2, 0.25) is 0 Å². The van der Waals surface area contributed by atoms with E-state index < -0.39 is 0 Å². The van der Waals surface area contributed by atoms with E-state index in [-0.39, 0.29) is 0 Å². The predicted molar refractivity (Wildman–Crippen MR) is 78.0 cm³/mol. The molecule has 1 fully saturated rings. The van der Waals surface area contributed by atoms with Gasteiger partial charge < -0.3 is 14.6 Å². The van der Waals surface area contributed by atoms with Gasteiger partial charge in [0.1, 0.15) is 5.75 Å². The van der Waals surface area contributed by atoms with Crippen molar-refractivity contribution in [2.24, 2.45) is 0 Å². The van der Waals surface area contributed by atoms with Crippen LogP contribution in [0.5, 0.6) is 5.75 Å². The van der Waals surface area contributed by atoms with Crippen LogP contribution in [-0.2, 0) is 0 Å². The average molecular weight is 322 g/mol. The number of aromatic nitrogens is 2. The van der Waals surface area contributed by atoms with Gasteiger partial charge in [0.15, 0.2) is 0 Å². The molecule has 1 aromatic carbocycles. The number of hydrogen-bond acceptors (Lipinski definition) is 3. The summed E-state index contributed by atoms with van der Waals surface area (Å²) in [6.07, 6.45) is 5.01. The van der Waals surface area contributed by atoms with Gasteiger partial charge in [-0.2, -0.15) is 0 Å². The van der Waals surface area contributed by atoms with Crippen LogP contribution in [0, 0.1) is 0 Å². The molecule has 1 aromatic heterocycles. The van der Waals surface area contributed by atoms with E-state index in [1.54, 1.807) is 7.11 Å². The molecule has 4 nitrogen and oxygen atoms in total. The van der Waals surface area contributed by atoms with Crippen molar-refractivity contribution in [1.82, 2.24) is 14.9 Å². The highest BCUT2D eigenvalue weighted by Gasteiger charge is 2.20. The van der Waals surface area contributed by atoms with Crippen LogP contribution >= 0.6 is 15.9 Å². The van der Waals surface area contributed by atoms with E-state index in [0.29, 0.717) is 5.92 Å². The van der Waals surface area contributed by atoms with E-state index in [2.05, 4.69) is 42.9 Å². The molecular formula is C14H16BrN3O. The summed E-state index contributed by atoms with van der Waals surface area (Å²) in [4.78, 5) is 4.30. The summed E-state index contributed by atoms with van der Waals surface area (Å²) in [6.45, 7) is 2.12. The highest BCUT2D eigenvalue weighted by Crippen LogP contribution is 2.30. The molecule has 100 valence electrons. The minimum Gasteiger partial charge on any atom is -0.496 e. The molecule has 5 heteroatoms. The van der Waals surface area contributed by atoms with Gasteiger partial charge in [-0.05, 0) is 47.1 Å². The first-order valence-corrected chi connectivity index (χ1v) is 7.16. The number of halogens is 1. The van der Waals surface area contributed by atoms with Crippen molar-refractivity contribution in [3.63, 3.8) is 0 Å². The van der Waals surface area contributed by atoms with Gasteiger partial charge in [0, 0.05) is 30.0 Å². The summed E-state index contributed by atoms with van der Waals surface area (Å²) in [7, 11) is 1.67. The van der Waals surface area contributed by atoms with Crippen molar-refractivity contribution >= 4 is 15.9 Å². The average Bonchev–Trinajstić information content (AvgIpc) is 3.09. The summed E-state index contributed by atoms with van der Waals surface area (Å²) in [5, 5.41) is 3.40. The van der Waals surface area contributed by atoms with Gasteiger partial charge in [0.2, 0.25) is 0 Å². The zero-order valence-electron chi connectivity index (χ0n) is 10.8. The molecule has 19 heavy (non-hydrogen) atoms. The maximum Gasteiger partial charge on any atom is 0.133 e. The van der Waals surface area contributed by atoms with Crippen LogP contribution in [0.25, 0.3) is 5.69 Å². The van der Waals surface area contributed by atoms with Crippen molar-refractivity contribution in [3.05, 3.63) is 40.9 Å². The fraction of sp³-hybridized carbons (Fsp3) is 0.357. The molecule has 1 N–H and O–H groups in total. The Morgan fingerprint density at radius 1 is 1.47 bits per heavy atom. The fourth-order valence-electron chi connectivity index (χ4n) is 2.54. The van der Waals surface area contributed by atoms with Crippen LogP contribution in [0.15, 0.2) is 35.2 Å². The number of methoxy groups -OCH3 is 1. The first-order valence-electron chi connectivity index (χ1n) is 6.36. The van der Waals surface area contributed by atoms with Gasteiger partial charge in [-0.25, -0.2) is 4.98 Å². The van der Waals surface area contributed by atoms with Crippen LogP contribution in [-0.4, -0.2) is 29.8 Å². The van der Waals surface area contributed by atoms with Crippen LogP contribution in [0.1, 0.15) is 18.0 Å². The zero-order valence-corrected chi connectivity index (χ0v) is 12.4. The number of imidazole rings is 1. The van der Waals surface area contributed by atoms with Crippen molar-refractivity contribution in [2.75, 3.05) is 20.2 Å².